The molecule has 0 saturated carbocycles. The van der Waals surface area contributed by atoms with E-state index in [-0.39, 0.29) is 18.6 Å². The average Bonchev–Trinajstić information content (AvgIpc) is 2.29. The van der Waals surface area contributed by atoms with Gasteiger partial charge in [0.2, 0.25) is 0 Å². The summed E-state index contributed by atoms with van der Waals surface area (Å²) in [6, 6.07) is 4.52. The summed E-state index contributed by atoms with van der Waals surface area (Å²) in [4.78, 5) is 13.7. The average molecular weight is 305 g/mol. The van der Waals surface area contributed by atoms with Gasteiger partial charge in [-0.1, -0.05) is 23.2 Å². The molecule has 1 rings (SSSR count). The predicted octanol–water partition coefficient (Wildman–Crippen LogP) is 3.62. The van der Waals surface area contributed by atoms with Crippen molar-refractivity contribution in [3.8, 4) is 0 Å². The second-order valence-electron chi connectivity index (χ2n) is 4.65. The molecule has 0 aromatic heterocycles. The smallest absolute Gasteiger partial charge is 0.322 e. The van der Waals surface area contributed by atoms with Crippen molar-refractivity contribution in [1.82, 2.24) is 4.90 Å². The number of aliphatic hydroxyl groups excluding tert-OH is 1. The van der Waals surface area contributed by atoms with Gasteiger partial charge in [0, 0.05) is 17.6 Å². The maximum absolute atomic E-state index is 12.1. The van der Waals surface area contributed by atoms with Crippen molar-refractivity contribution in [2.45, 2.75) is 32.9 Å². The van der Waals surface area contributed by atoms with Gasteiger partial charge in [-0.15, -0.1) is 0 Å². The lowest BCUT2D eigenvalue weighted by Crippen LogP contribution is -2.43. The van der Waals surface area contributed by atoms with Gasteiger partial charge in [-0.25, -0.2) is 4.79 Å². The number of carbonyl (C=O) groups is 1. The number of benzene rings is 1. The summed E-state index contributed by atoms with van der Waals surface area (Å²) in [5.74, 6) is 0. The molecule has 0 fully saturated rings. The van der Waals surface area contributed by atoms with Crippen molar-refractivity contribution in [3.63, 3.8) is 0 Å². The fourth-order valence-electron chi connectivity index (χ4n) is 1.59. The van der Waals surface area contributed by atoms with Crippen molar-refractivity contribution >= 4 is 34.9 Å². The summed E-state index contributed by atoms with van der Waals surface area (Å²) in [5.41, 5.74) is 0.493. The number of aliphatic hydroxyl groups is 1. The topological polar surface area (TPSA) is 52.6 Å². The molecule has 1 aromatic rings. The number of carbonyl (C=O) groups excluding carboxylic acids is 1. The van der Waals surface area contributed by atoms with Crippen LogP contribution in [0.5, 0.6) is 0 Å². The highest BCUT2D eigenvalue weighted by Crippen LogP contribution is 2.25. The molecule has 19 heavy (non-hydrogen) atoms. The molecule has 6 heteroatoms. The first-order valence-corrected chi connectivity index (χ1v) is 6.77. The molecule has 0 saturated heterocycles. The van der Waals surface area contributed by atoms with Crippen LogP contribution in [0.1, 0.15) is 20.8 Å². The fourth-order valence-corrected chi connectivity index (χ4v) is 2.05. The van der Waals surface area contributed by atoms with Crippen LogP contribution in [0.3, 0.4) is 0 Å². The molecule has 2 N–H and O–H groups in total. The van der Waals surface area contributed by atoms with Crippen LogP contribution in [0.2, 0.25) is 10.0 Å². The van der Waals surface area contributed by atoms with E-state index in [1.807, 2.05) is 13.8 Å². The summed E-state index contributed by atoms with van der Waals surface area (Å²) >= 11 is 11.8. The zero-order chi connectivity index (χ0) is 14.6. The Morgan fingerprint density at radius 3 is 2.47 bits per heavy atom. The Balaban J connectivity index is 2.81. The first-order valence-electron chi connectivity index (χ1n) is 6.02. The molecule has 0 bridgehead atoms. The first-order chi connectivity index (χ1) is 8.81. The highest BCUT2D eigenvalue weighted by molar-refractivity contribution is 6.36. The summed E-state index contributed by atoms with van der Waals surface area (Å²) in [7, 11) is 0. The van der Waals surface area contributed by atoms with Crippen LogP contribution in [0.25, 0.3) is 0 Å². The summed E-state index contributed by atoms with van der Waals surface area (Å²) in [5, 5.41) is 13.0. The Bertz CT molecular complexity index is 450. The number of nitrogens with one attached hydrogen (secondary N) is 1. The van der Waals surface area contributed by atoms with E-state index in [2.05, 4.69) is 5.32 Å². The largest absolute Gasteiger partial charge is 0.392 e. The third-order valence-electron chi connectivity index (χ3n) is 2.52. The number of amides is 2. The monoisotopic (exact) mass is 304 g/mol. The third kappa shape index (κ3) is 4.90. The Labute approximate surface area is 123 Å². The number of hydrogen-bond donors (Lipinski definition) is 2. The van der Waals surface area contributed by atoms with E-state index in [9.17, 15) is 9.90 Å². The molecule has 1 unspecified atom stereocenters. The molecule has 0 aliphatic rings. The Morgan fingerprint density at radius 2 is 2.00 bits per heavy atom. The van der Waals surface area contributed by atoms with Crippen molar-refractivity contribution in [2.24, 2.45) is 0 Å². The predicted molar refractivity (Wildman–Crippen MR) is 79.0 cm³/mol. The maximum Gasteiger partial charge on any atom is 0.322 e. The van der Waals surface area contributed by atoms with Gasteiger partial charge in [0.05, 0.1) is 16.8 Å². The lowest BCUT2D eigenvalue weighted by molar-refractivity contribution is 0.125. The van der Waals surface area contributed by atoms with Gasteiger partial charge >= 0.3 is 6.03 Å². The summed E-state index contributed by atoms with van der Waals surface area (Å²) in [6.45, 7) is 5.66. The maximum atomic E-state index is 12.1. The number of urea groups is 1. The molecule has 0 aliphatic carbocycles. The molecule has 0 spiro atoms. The van der Waals surface area contributed by atoms with Gasteiger partial charge < -0.3 is 15.3 Å². The molecule has 0 heterocycles. The molecular weight excluding hydrogens is 287 g/mol. The van der Waals surface area contributed by atoms with Crippen LogP contribution in [0.15, 0.2) is 18.2 Å². The van der Waals surface area contributed by atoms with Gasteiger partial charge in [-0.3, -0.25) is 0 Å². The Hall–Kier alpha value is -0.970. The van der Waals surface area contributed by atoms with E-state index >= 15 is 0 Å². The van der Waals surface area contributed by atoms with Gasteiger partial charge in [-0.2, -0.15) is 0 Å². The number of hydrogen-bond acceptors (Lipinski definition) is 2. The summed E-state index contributed by atoms with van der Waals surface area (Å²) in [6.07, 6.45) is -0.589. The van der Waals surface area contributed by atoms with Crippen LogP contribution in [0, 0.1) is 0 Å². The standard InChI is InChI=1S/C13H18Cl2N2O2/c1-8(2)17(7-9(3)18)13(19)16-12-5-4-10(14)6-11(12)15/h4-6,8-9,18H,7H2,1-3H3,(H,16,19). The number of halogens is 2. The minimum Gasteiger partial charge on any atom is -0.392 e. The van der Waals surface area contributed by atoms with Crippen molar-refractivity contribution in [2.75, 3.05) is 11.9 Å². The zero-order valence-corrected chi connectivity index (χ0v) is 12.7. The van der Waals surface area contributed by atoms with Gasteiger partial charge in [-0.05, 0) is 39.0 Å². The highest BCUT2D eigenvalue weighted by atomic mass is 35.5. The van der Waals surface area contributed by atoms with Crippen molar-refractivity contribution in [3.05, 3.63) is 28.2 Å². The molecule has 0 aliphatic heterocycles. The molecule has 106 valence electrons. The second-order valence-corrected chi connectivity index (χ2v) is 5.49. The van der Waals surface area contributed by atoms with Crippen molar-refractivity contribution in [1.29, 1.82) is 0 Å². The summed E-state index contributed by atoms with van der Waals surface area (Å²) < 4.78 is 0. The van der Waals surface area contributed by atoms with E-state index in [1.165, 1.54) is 4.90 Å². The molecular formula is C13H18Cl2N2O2. The van der Waals surface area contributed by atoms with Crippen molar-refractivity contribution < 1.29 is 9.90 Å². The van der Waals surface area contributed by atoms with Crippen LogP contribution in [0.4, 0.5) is 10.5 Å². The second kappa shape index (κ2) is 6.98. The van der Waals surface area contributed by atoms with Crippen LogP contribution in [-0.2, 0) is 0 Å². The lowest BCUT2D eigenvalue weighted by Gasteiger charge is -2.28. The van der Waals surface area contributed by atoms with E-state index < -0.39 is 6.10 Å². The number of rotatable bonds is 4. The van der Waals surface area contributed by atoms with E-state index in [1.54, 1.807) is 25.1 Å². The van der Waals surface area contributed by atoms with Gasteiger partial charge in [0.1, 0.15) is 0 Å². The normalized spacial score (nSPS) is 12.4. The van der Waals surface area contributed by atoms with E-state index in [0.717, 1.165) is 0 Å². The molecule has 4 nitrogen and oxygen atoms in total. The number of anilines is 1. The minimum absolute atomic E-state index is 0.0272. The molecule has 0 radical (unpaired) electrons. The van der Waals surface area contributed by atoms with E-state index in [0.29, 0.717) is 15.7 Å². The molecule has 1 atom stereocenters. The quantitative estimate of drug-likeness (QED) is 0.892. The van der Waals surface area contributed by atoms with Crippen LogP contribution >= 0.6 is 23.2 Å². The molecule has 2 amide bonds. The Morgan fingerprint density at radius 1 is 1.37 bits per heavy atom. The van der Waals surface area contributed by atoms with Gasteiger partial charge in [0.15, 0.2) is 0 Å². The minimum atomic E-state index is -0.589. The third-order valence-corrected chi connectivity index (χ3v) is 3.07. The van der Waals surface area contributed by atoms with Gasteiger partial charge in [0.25, 0.3) is 0 Å². The van der Waals surface area contributed by atoms with Crippen LogP contribution < -0.4 is 5.32 Å². The molecule has 1 aromatic carbocycles. The lowest BCUT2D eigenvalue weighted by atomic mass is 10.2. The Kier molecular flexibility index (Phi) is 5.91. The fraction of sp³-hybridized carbons (Fsp3) is 0.462. The van der Waals surface area contributed by atoms with E-state index in [4.69, 9.17) is 23.2 Å². The van der Waals surface area contributed by atoms with Crippen LogP contribution in [-0.4, -0.2) is 34.7 Å². The zero-order valence-electron chi connectivity index (χ0n) is 11.2. The first kappa shape index (κ1) is 16.1. The number of nitrogens with zero attached hydrogens (tertiary/aromatic N) is 1. The highest BCUT2D eigenvalue weighted by Gasteiger charge is 2.19. The SMILES string of the molecule is CC(O)CN(C(=O)Nc1ccc(Cl)cc1Cl)C(C)C.